The molecule has 0 amide bonds. The van der Waals surface area contributed by atoms with Crippen molar-refractivity contribution >= 4 is 32.1 Å². The van der Waals surface area contributed by atoms with E-state index in [0.717, 1.165) is 5.56 Å². The summed E-state index contributed by atoms with van der Waals surface area (Å²) in [5.74, 6) is 0. The third kappa shape index (κ3) is 2.52. The van der Waals surface area contributed by atoms with Gasteiger partial charge in [-0.25, -0.2) is 27.0 Å². The maximum absolute atomic E-state index is 13.0. The van der Waals surface area contributed by atoms with Crippen molar-refractivity contribution in [3.8, 4) is 0 Å². The van der Waals surface area contributed by atoms with Crippen LogP contribution in [0.3, 0.4) is 0 Å². The number of imidazole rings is 1. The number of aromatic nitrogens is 4. The molecule has 3 aromatic heterocycles. The molecular formula is C17H17N5O3S. The fraction of sp³-hybridized carbons (Fsp3) is 0.176. The first-order valence-corrected chi connectivity index (χ1v) is 9.46. The Morgan fingerprint density at radius 2 is 1.92 bits per heavy atom. The molecule has 0 unspecified atom stereocenters. The average molecular weight is 371 g/mol. The summed E-state index contributed by atoms with van der Waals surface area (Å²) in [6.07, 6.45) is 4.61. The van der Waals surface area contributed by atoms with Gasteiger partial charge in [0.15, 0.2) is 5.65 Å². The highest BCUT2D eigenvalue weighted by atomic mass is 32.2. The van der Waals surface area contributed by atoms with Crippen molar-refractivity contribution in [3.63, 3.8) is 0 Å². The molecule has 2 N–H and O–H groups in total. The highest BCUT2D eigenvalue weighted by molar-refractivity contribution is 7.90. The van der Waals surface area contributed by atoms with Crippen molar-refractivity contribution in [2.45, 2.75) is 11.8 Å². The summed E-state index contributed by atoms with van der Waals surface area (Å²) in [5.41, 5.74) is 5.67. The van der Waals surface area contributed by atoms with Gasteiger partial charge in [0.25, 0.3) is 10.0 Å². The standard InChI is InChI=1S/C17H17N5O3S/c1-12-2-4-13(5-3-12)26(24,25)22-8-6-14-16-15(10-18-17(14)22)19-11-21(16)20-7-9-23/h2-6,8,10-11,20,23H,7,9H2,1H3. The molecule has 0 aliphatic carbocycles. The van der Waals surface area contributed by atoms with Crippen LogP contribution >= 0.6 is 0 Å². The van der Waals surface area contributed by atoms with Crippen LogP contribution in [0.2, 0.25) is 0 Å². The number of aliphatic hydroxyl groups is 1. The van der Waals surface area contributed by atoms with Crippen LogP contribution in [0.4, 0.5) is 0 Å². The van der Waals surface area contributed by atoms with Gasteiger partial charge in [0.2, 0.25) is 0 Å². The second-order valence-electron chi connectivity index (χ2n) is 5.91. The topological polar surface area (TPSA) is 102 Å². The molecule has 0 bridgehead atoms. The first-order chi connectivity index (χ1) is 12.5. The van der Waals surface area contributed by atoms with Crippen LogP contribution < -0.4 is 5.43 Å². The summed E-state index contributed by atoms with van der Waals surface area (Å²) >= 11 is 0. The van der Waals surface area contributed by atoms with E-state index < -0.39 is 10.0 Å². The molecule has 4 rings (SSSR count). The average Bonchev–Trinajstić information content (AvgIpc) is 3.24. The SMILES string of the molecule is Cc1ccc(S(=O)(=O)n2ccc3c4c(cnc32)ncn4NCCO)cc1. The van der Waals surface area contributed by atoms with Gasteiger partial charge in [-0.2, -0.15) is 0 Å². The number of aryl methyl sites for hydroxylation is 1. The molecule has 9 heteroatoms. The third-order valence-corrected chi connectivity index (χ3v) is 5.84. The quantitative estimate of drug-likeness (QED) is 0.551. The Balaban J connectivity index is 1.91. The van der Waals surface area contributed by atoms with Crippen molar-refractivity contribution in [3.05, 3.63) is 54.6 Å². The smallest absolute Gasteiger partial charge is 0.269 e. The maximum atomic E-state index is 13.0. The molecule has 4 aromatic rings. The highest BCUT2D eigenvalue weighted by Crippen LogP contribution is 2.26. The molecule has 26 heavy (non-hydrogen) atoms. The molecule has 3 heterocycles. The number of hydrogen-bond donors (Lipinski definition) is 2. The van der Waals surface area contributed by atoms with Gasteiger partial charge in [-0.3, -0.25) is 0 Å². The Kier molecular flexibility index (Phi) is 3.89. The van der Waals surface area contributed by atoms with Crippen molar-refractivity contribution in [2.24, 2.45) is 0 Å². The van der Waals surface area contributed by atoms with Gasteiger partial charge >= 0.3 is 0 Å². The number of rotatable bonds is 5. The molecule has 134 valence electrons. The van der Waals surface area contributed by atoms with Crippen LogP contribution in [0, 0.1) is 6.92 Å². The molecule has 0 atom stereocenters. The third-order valence-electron chi connectivity index (χ3n) is 4.16. The fourth-order valence-electron chi connectivity index (χ4n) is 2.87. The van der Waals surface area contributed by atoms with Crippen molar-refractivity contribution < 1.29 is 13.5 Å². The predicted molar refractivity (Wildman–Crippen MR) is 98.1 cm³/mol. The van der Waals surface area contributed by atoms with E-state index in [1.54, 1.807) is 41.3 Å². The first-order valence-electron chi connectivity index (χ1n) is 8.02. The van der Waals surface area contributed by atoms with Crippen molar-refractivity contribution in [2.75, 3.05) is 18.6 Å². The zero-order chi connectivity index (χ0) is 18.3. The molecule has 0 saturated heterocycles. The van der Waals surface area contributed by atoms with Crippen LogP contribution in [0.1, 0.15) is 5.56 Å². The van der Waals surface area contributed by atoms with Gasteiger partial charge in [-0.1, -0.05) is 17.7 Å². The summed E-state index contributed by atoms with van der Waals surface area (Å²) in [7, 11) is -3.76. The molecule has 1 aromatic carbocycles. The van der Waals surface area contributed by atoms with Crippen LogP contribution in [0.5, 0.6) is 0 Å². The predicted octanol–water partition coefficient (Wildman–Crippen LogP) is 1.47. The second kappa shape index (κ2) is 6.11. The molecule has 0 aliphatic heterocycles. The van der Waals surface area contributed by atoms with E-state index in [1.807, 2.05) is 6.92 Å². The Morgan fingerprint density at radius 3 is 2.65 bits per heavy atom. The minimum absolute atomic E-state index is 0.0310. The minimum atomic E-state index is -3.76. The number of hydrogen-bond acceptors (Lipinski definition) is 6. The zero-order valence-electron chi connectivity index (χ0n) is 14.0. The Morgan fingerprint density at radius 1 is 1.15 bits per heavy atom. The molecule has 0 spiro atoms. The van der Waals surface area contributed by atoms with Gasteiger partial charge < -0.3 is 10.5 Å². The van der Waals surface area contributed by atoms with E-state index in [-0.39, 0.29) is 11.5 Å². The summed E-state index contributed by atoms with van der Waals surface area (Å²) in [4.78, 5) is 8.76. The van der Waals surface area contributed by atoms with Gasteiger partial charge in [0, 0.05) is 11.6 Å². The number of aliphatic hydroxyl groups excluding tert-OH is 1. The molecule has 0 saturated carbocycles. The van der Waals surface area contributed by atoms with E-state index in [4.69, 9.17) is 5.11 Å². The first kappa shape index (κ1) is 16.6. The highest BCUT2D eigenvalue weighted by Gasteiger charge is 2.21. The number of pyridine rings is 1. The summed E-state index contributed by atoms with van der Waals surface area (Å²) in [6.45, 7) is 2.22. The number of nitrogens with zero attached hydrogens (tertiary/aromatic N) is 4. The Labute approximate surface area is 149 Å². The lowest BCUT2D eigenvalue weighted by atomic mass is 10.2. The van der Waals surface area contributed by atoms with Crippen molar-refractivity contribution in [1.82, 2.24) is 18.6 Å². The Bertz CT molecular complexity index is 1190. The molecule has 0 radical (unpaired) electrons. The van der Waals surface area contributed by atoms with E-state index in [9.17, 15) is 8.42 Å². The summed E-state index contributed by atoms with van der Waals surface area (Å²) in [5, 5.41) is 9.67. The normalized spacial score (nSPS) is 12.1. The number of fused-ring (bicyclic) bond motifs is 3. The van der Waals surface area contributed by atoms with Crippen LogP contribution in [-0.2, 0) is 10.0 Å². The lowest BCUT2D eigenvalue weighted by Gasteiger charge is -2.09. The van der Waals surface area contributed by atoms with Gasteiger partial charge in [-0.15, -0.1) is 0 Å². The monoisotopic (exact) mass is 371 g/mol. The number of nitrogens with one attached hydrogen (secondary N) is 1. The van der Waals surface area contributed by atoms with Crippen LogP contribution in [0.15, 0.2) is 53.9 Å². The fourth-order valence-corrected chi connectivity index (χ4v) is 4.17. The minimum Gasteiger partial charge on any atom is -0.394 e. The molecular weight excluding hydrogens is 354 g/mol. The number of benzene rings is 1. The van der Waals surface area contributed by atoms with E-state index in [1.165, 1.54) is 16.4 Å². The van der Waals surface area contributed by atoms with E-state index in [2.05, 4.69) is 15.4 Å². The lowest BCUT2D eigenvalue weighted by Crippen LogP contribution is -2.17. The molecule has 8 nitrogen and oxygen atoms in total. The van der Waals surface area contributed by atoms with Gasteiger partial charge in [0.1, 0.15) is 17.4 Å². The molecule has 0 aliphatic rings. The van der Waals surface area contributed by atoms with Crippen molar-refractivity contribution in [1.29, 1.82) is 0 Å². The van der Waals surface area contributed by atoms with Gasteiger partial charge in [0.05, 0.1) is 24.2 Å². The van der Waals surface area contributed by atoms with Crippen LogP contribution in [0.25, 0.3) is 22.1 Å². The van der Waals surface area contributed by atoms with Gasteiger partial charge in [-0.05, 0) is 25.1 Å². The lowest BCUT2D eigenvalue weighted by molar-refractivity contribution is 0.307. The summed E-state index contributed by atoms with van der Waals surface area (Å²) < 4.78 is 28.8. The van der Waals surface area contributed by atoms with E-state index >= 15 is 0 Å². The largest absolute Gasteiger partial charge is 0.394 e. The second-order valence-corrected chi connectivity index (χ2v) is 7.72. The summed E-state index contributed by atoms with van der Waals surface area (Å²) in [6, 6.07) is 8.40. The molecule has 0 fully saturated rings. The maximum Gasteiger partial charge on any atom is 0.269 e. The van der Waals surface area contributed by atoms with E-state index in [0.29, 0.717) is 28.6 Å². The zero-order valence-corrected chi connectivity index (χ0v) is 14.8. The van der Waals surface area contributed by atoms with Crippen LogP contribution in [-0.4, -0.2) is 45.3 Å². The Hall–Kier alpha value is -2.91.